The predicted octanol–water partition coefficient (Wildman–Crippen LogP) is 1.35. The van der Waals surface area contributed by atoms with Gasteiger partial charge < -0.3 is 0 Å². The first kappa shape index (κ1) is 17.1. The van der Waals surface area contributed by atoms with Gasteiger partial charge in [-0.2, -0.15) is 5.10 Å². The number of benzene rings is 1. The summed E-state index contributed by atoms with van der Waals surface area (Å²) in [7, 11) is 0.372. The minimum atomic E-state index is -4.13. The van der Waals surface area contributed by atoms with Crippen molar-refractivity contribution in [3.05, 3.63) is 40.6 Å². The van der Waals surface area contributed by atoms with Gasteiger partial charge in [0.25, 0.3) is 16.4 Å². The third-order valence-corrected chi connectivity index (χ3v) is 5.23. The summed E-state index contributed by atoms with van der Waals surface area (Å²) in [6.45, 7) is 0. The van der Waals surface area contributed by atoms with Crippen LogP contribution in [0.25, 0.3) is 11.0 Å². The van der Waals surface area contributed by atoms with E-state index in [2.05, 4.69) is 9.82 Å². The summed E-state index contributed by atoms with van der Waals surface area (Å²) in [5.41, 5.74) is -0.277. The largest absolute Gasteiger partial charge is 0.328 e. The van der Waals surface area contributed by atoms with E-state index in [-0.39, 0.29) is 16.3 Å². The molecule has 2 aromatic heterocycles. The SMILES string of the molecule is Cn1cc(NS(=O)(=O)c2ccc3c(c2)n(C)c(=O)n3C)c(C(F)F)n1. The van der Waals surface area contributed by atoms with Crippen molar-refractivity contribution in [2.24, 2.45) is 21.1 Å². The number of fused-ring (bicyclic) bond motifs is 1. The lowest BCUT2D eigenvalue weighted by Crippen LogP contribution is -2.19. The summed E-state index contributed by atoms with van der Waals surface area (Å²) >= 11 is 0. The number of aryl methyl sites for hydroxylation is 3. The van der Waals surface area contributed by atoms with Crippen LogP contribution in [-0.4, -0.2) is 27.3 Å². The molecule has 0 aliphatic carbocycles. The highest BCUT2D eigenvalue weighted by molar-refractivity contribution is 7.92. The summed E-state index contributed by atoms with van der Waals surface area (Å²) in [4.78, 5) is 11.8. The lowest BCUT2D eigenvalue weighted by molar-refractivity contribution is 0.146. The average Bonchev–Trinajstić information content (AvgIpc) is 3.00. The number of imidazole rings is 1. The van der Waals surface area contributed by atoms with Crippen molar-refractivity contribution in [2.75, 3.05) is 4.72 Å². The Balaban J connectivity index is 2.08. The van der Waals surface area contributed by atoms with E-state index < -0.39 is 22.1 Å². The number of halogens is 2. The van der Waals surface area contributed by atoms with Crippen LogP contribution in [0, 0.1) is 0 Å². The summed E-state index contributed by atoms with van der Waals surface area (Å²) in [5.74, 6) is 0. The molecule has 0 saturated carbocycles. The molecule has 8 nitrogen and oxygen atoms in total. The molecule has 0 amide bonds. The van der Waals surface area contributed by atoms with E-state index in [1.54, 1.807) is 7.05 Å². The molecule has 0 bridgehead atoms. The van der Waals surface area contributed by atoms with Crippen molar-refractivity contribution in [1.29, 1.82) is 0 Å². The maximum atomic E-state index is 13.0. The molecule has 134 valence electrons. The van der Waals surface area contributed by atoms with Crippen LogP contribution < -0.4 is 10.4 Å². The second kappa shape index (κ2) is 5.69. The minimum Gasteiger partial charge on any atom is -0.295 e. The van der Waals surface area contributed by atoms with Crippen molar-refractivity contribution >= 4 is 26.7 Å². The van der Waals surface area contributed by atoms with Gasteiger partial charge in [-0.05, 0) is 18.2 Å². The fourth-order valence-electron chi connectivity index (χ4n) is 2.60. The lowest BCUT2D eigenvalue weighted by Gasteiger charge is -2.08. The number of rotatable bonds is 4. The second-order valence-corrected chi connectivity index (χ2v) is 7.24. The third-order valence-electron chi connectivity index (χ3n) is 3.86. The van der Waals surface area contributed by atoms with Gasteiger partial charge in [0.2, 0.25) is 0 Å². The molecule has 25 heavy (non-hydrogen) atoms. The zero-order chi connectivity index (χ0) is 18.5. The molecule has 0 aliphatic rings. The zero-order valence-electron chi connectivity index (χ0n) is 13.6. The van der Waals surface area contributed by atoms with E-state index >= 15 is 0 Å². The Morgan fingerprint density at radius 1 is 1.12 bits per heavy atom. The molecule has 0 radical (unpaired) electrons. The van der Waals surface area contributed by atoms with Gasteiger partial charge in [-0.3, -0.25) is 18.5 Å². The van der Waals surface area contributed by atoms with E-state index in [4.69, 9.17) is 0 Å². The highest BCUT2D eigenvalue weighted by atomic mass is 32.2. The highest BCUT2D eigenvalue weighted by Gasteiger charge is 2.23. The molecule has 0 atom stereocenters. The van der Waals surface area contributed by atoms with Crippen molar-refractivity contribution in [2.45, 2.75) is 11.3 Å². The van der Waals surface area contributed by atoms with Crippen molar-refractivity contribution in [1.82, 2.24) is 18.9 Å². The molecule has 0 fully saturated rings. The molecule has 11 heteroatoms. The smallest absolute Gasteiger partial charge is 0.295 e. The molecule has 0 saturated heterocycles. The Labute approximate surface area is 141 Å². The fourth-order valence-corrected chi connectivity index (χ4v) is 3.68. The van der Waals surface area contributed by atoms with Crippen LogP contribution in [0.4, 0.5) is 14.5 Å². The highest BCUT2D eigenvalue weighted by Crippen LogP contribution is 2.28. The minimum absolute atomic E-state index is 0.148. The summed E-state index contributed by atoms with van der Waals surface area (Å²) < 4.78 is 57.0. The average molecular weight is 371 g/mol. The van der Waals surface area contributed by atoms with E-state index in [0.29, 0.717) is 11.0 Å². The molecule has 1 N–H and O–H groups in total. The van der Waals surface area contributed by atoms with Crippen molar-refractivity contribution in [3.63, 3.8) is 0 Å². The number of sulfonamides is 1. The van der Waals surface area contributed by atoms with Crippen LogP contribution in [0.15, 0.2) is 34.1 Å². The second-order valence-electron chi connectivity index (χ2n) is 5.56. The quantitative estimate of drug-likeness (QED) is 0.749. The Morgan fingerprint density at radius 3 is 2.40 bits per heavy atom. The maximum absolute atomic E-state index is 13.0. The van der Waals surface area contributed by atoms with E-state index in [1.165, 1.54) is 41.4 Å². The lowest BCUT2D eigenvalue weighted by atomic mass is 10.3. The van der Waals surface area contributed by atoms with Crippen LogP contribution in [0.3, 0.4) is 0 Å². The molecule has 3 aromatic rings. The van der Waals surface area contributed by atoms with Crippen LogP contribution in [-0.2, 0) is 31.2 Å². The Hall–Kier alpha value is -2.69. The molecule has 0 unspecified atom stereocenters. The van der Waals surface area contributed by atoms with Crippen LogP contribution in [0.1, 0.15) is 12.1 Å². The molecule has 0 aliphatic heterocycles. The zero-order valence-corrected chi connectivity index (χ0v) is 14.4. The summed E-state index contributed by atoms with van der Waals surface area (Å²) in [5, 5.41) is 3.56. The number of alkyl halides is 2. The summed E-state index contributed by atoms with van der Waals surface area (Å²) in [6.07, 6.45) is -1.76. The van der Waals surface area contributed by atoms with Crippen LogP contribution in [0.2, 0.25) is 0 Å². The van der Waals surface area contributed by atoms with E-state index in [1.807, 2.05) is 0 Å². The van der Waals surface area contributed by atoms with Crippen LogP contribution in [0.5, 0.6) is 0 Å². The van der Waals surface area contributed by atoms with Gasteiger partial charge in [-0.1, -0.05) is 0 Å². The Kier molecular flexibility index (Phi) is 3.90. The molecular formula is C14H15F2N5O3S. The van der Waals surface area contributed by atoms with Crippen LogP contribution >= 0.6 is 0 Å². The first-order valence-corrected chi connectivity index (χ1v) is 8.60. The van der Waals surface area contributed by atoms with Gasteiger partial charge in [-0.25, -0.2) is 22.0 Å². The first-order chi connectivity index (χ1) is 11.6. The third kappa shape index (κ3) is 2.80. The molecule has 2 heterocycles. The van der Waals surface area contributed by atoms with Gasteiger partial charge >= 0.3 is 5.69 Å². The molecule has 3 rings (SSSR count). The van der Waals surface area contributed by atoms with Crippen molar-refractivity contribution < 1.29 is 17.2 Å². The maximum Gasteiger partial charge on any atom is 0.328 e. The van der Waals surface area contributed by atoms with Gasteiger partial charge in [-0.15, -0.1) is 0 Å². The van der Waals surface area contributed by atoms with E-state index in [0.717, 1.165) is 10.9 Å². The van der Waals surface area contributed by atoms with E-state index in [9.17, 15) is 22.0 Å². The monoisotopic (exact) mass is 371 g/mol. The standard InChI is InChI=1S/C14H15F2N5O3S/c1-19-7-9(12(17-19)13(15)16)18-25(23,24)8-4-5-10-11(6-8)21(3)14(22)20(10)2/h4-7,13,18H,1-3H3. The number of anilines is 1. The molecule has 1 aromatic carbocycles. The first-order valence-electron chi connectivity index (χ1n) is 7.12. The van der Waals surface area contributed by atoms with Gasteiger partial charge in [0.05, 0.1) is 21.6 Å². The van der Waals surface area contributed by atoms with Gasteiger partial charge in [0.15, 0.2) is 5.69 Å². The van der Waals surface area contributed by atoms with Gasteiger partial charge in [0.1, 0.15) is 0 Å². The topological polar surface area (TPSA) is 90.9 Å². The van der Waals surface area contributed by atoms with Crippen molar-refractivity contribution in [3.8, 4) is 0 Å². The number of nitrogens with one attached hydrogen (secondary N) is 1. The number of nitrogens with zero attached hydrogens (tertiary/aromatic N) is 4. The number of hydrogen-bond donors (Lipinski definition) is 1. The van der Waals surface area contributed by atoms with Gasteiger partial charge in [0, 0.05) is 27.3 Å². The number of aromatic nitrogens is 4. The normalized spacial score (nSPS) is 12.2. The Morgan fingerprint density at radius 2 is 1.76 bits per heavy atom. The fraction of sp³-hybridized carbons (Fsp3) is 0.286. The molecule has 0 spiro atoms. The predicted molar refractivity (Wildman–Crippen MR) is 87.1 cm³/mol. The number of hydrogen-bond acceptors (Lipinski definition) is 4. The summed E-state index contributed by atoms with van der Waals surface area (Å²) in [6, 6.07) is 4.11. The molecular weight excluding hydrogens is 356 g/mol. The Bertz CT molecular complexity index is 1130.